The summed E-state index contributed by atoms with van der Waals surface area (Å²) in [5.41, 5.74) is 0. The number of ketones is 1. The Hall–Kier alpha value is -1.39. The quantitative estimate of drug-likeness (QED) is 0.393. The van der Waals surface area contributed by atoms with Gasteiger partial charge in [-0.1, -0.05) is 32.6 Å². The van der Waals surface area contributed by atoms with Crippen molar-refractivity contribution in [2.45, 2.75) is 64.3 Å². The third-order valence-electron chi connectivity index (χ3n) is 3.19. The highest BCUT2D eigenvalue weighted by molar-refractivity contribution is 5.99. The Morgan fingerprint density at radius 1 is 1.26 bits per heavy atom. The third kappa shape index (κ3) is 6.36. The van der Waals surface area contributed by atoms with Crippen LogP contribution in [0.25, 0.3) is 0 Å². The van der Waals surface area contributed by atoms with Crippen molar-refractivity contribution in [3.8, 4) is 0 Å². The number of hydrogen-bond donors (Lipinski definition) is 1. The van der Waals surface area contributed by atoms with Crippen molar-refractivity contribution >= 4 is 17.7 Å². The van der Waals surface area contributed by atoms with Crippen LogP contribution in [0.15, 0.2) is 0 Å². The minimum atomic E-state index is -0.565. The molecule has 0 aromatic heterocycles. The van der Waals surface area contributed by atoms with E-state index in [0.29, 0.717) is 19.4 Å². The Morgan fingerprint density at radius 3 is 2.63 bits per heavy atom. The molecule has 1 N–H and O–H groups in total. The average molecular weight is 269 g/mol. The molecule has 1 atom stereocenters. The molecule has 5 nitrogen and oxygen atoms in total. The number of nitrogens with one attached hydrogen (secondary N) is 1. The molecule has 1 aliphatic rings. The van der Waals surface area contributed by atoms with Crippen molar-refractivity contribution in [3.63, 3.8) is 0 Å². The molecule has 0 radical (unpaired) electrons. The van der Waals surface area contributed by atoms with Crippen molar-refractivity contribution in [2.24, 2.45) is 0 Å². The molecule has 108 valence electrons. The van der Waals surface area contributed by atoms with E-state index in [-0.39, 0.29) is 18.1 Å². The molecule has 1 aliphatic heterocycles. The molecular weight excluding hydrogens is 246 g/mol. The van der Waals surface area contributed by atoms with Crippen LogP contribution in [0.4, 0.5) is 0 Å². The number of ether oxygens (including phenoxy) is 1. The van der Waals surface area contributed by atoms with Gasteiger partial charge in [0.1, 0.15) is 11.8 Å². The zero-order chi connectivity index (χ0) is 14.1. The van der Waals surface area contributed by atoms with Crippen LogP contribution in [0.1, 0.15) is 58.3 Å². The summed E-state index contributed by atoms with van der Waals surface area (Å²) >= 11 is 0. The molecule has 1 heterocycles. The number of Topliss-reactive ketones (excluding diaryl/α,β-unsaturated/α-hetero) is 1. The lowest BCUT2D eigenvalue weighted by atomic mass is 10.1. The van der Waals surface area contributed by atoms with Crippen LogP contribution in [-0.2, 0) is 19.1 Å². The summed E-state index contributed by atoms with van der Waals surface area (Å²) in [5.74, 6) is -0.830. The molecule has 0 aromatic rings. The number of unbranched alkanes of at least 4 members (excludes halogenated alkanes) is 4. The number of esters is 1. The van der Waals surface area contributed by atoms with Crippen molar-refractivity contribution in [1.29, 1.82) is 0 Å². The fourth-order valence-electron chi connectivity index (χ4n) is 2.07. The number of cyclic esters (lactones) is 1. The maximum atomic E-state index is 11.6. The van der Waals surface area contributed by atoms with E-state index in [0.717, 1.165) is 19.3 Å². The highest BCUT2D eigenvalue weighted by Gasteiger charge is 2.28. The summed E-state index contributed by atoms with van der Waals surface area (Å²) in [7, 11) is 0. The normalized spacial score (nSPS) is 18.2. The molecule has 0 aliphatic carbocycles. The van der Waals surface area contributed by atoms with E-state index < -0.39 is 12.0 Å². The van der Waals surface area contributed by atoms with Gasteiger partial charge in [0.15, 0.2) is 0 Å². The number of rotatable bonds is 9. The van der Waals surface area contributed by atoms with E-state index in [1.165, 1.54) is 12.8 Å². The molecule has 1 saturated heterocycles. The summed E-state index contributed by atoms with van der Waals surface area (Å²) in [5, 5.41) is 2.54. The SMILES string of the molecule is CCCCCCCC(=O)CC(=O)N[C@@H]1CCOC1=O. The molecule has 19 heavy (non-hydrogen) atoms. The Kier molecular flexibility index (Phi) is 7.15. The molecule has 1 amide bonds. The molecule has 0 spiro atoms. The Bertz CT molecular complexity index is 327. The van der Waals surface area contributed by atoms with Gasteiger partial charge in [0.2, 0.25) is 5.91 Å². The maximum absolute atomic E-state index is 11.6. The lowest BCUT2D eigenvalue weighted by Gasteiger charge is -2.08. The second kappa shape index (κ2) is 8.67. The predicted molar refractivity (Wildman–Crippen MR) is 70.5 cm³/mol. The molecule has 1 rings (SSSR count). The Balaban J connectivity index is 2.10. The van der Waals surface area contributed by atoms with Crippen LogP contribution in [0.3, 0.4) is 0 Å². The number of carbonyl (C=O) groups is 3. The van der Waals surface area contributed by atoms with Crippen molar-refractivity contribution in [1.82, 2.24) is 5.32 Å². The van der Waals surface area contributed by atoms with Crippen molar-refractivity contribution < 1.29 is 19.1 Å². The van der Waals surface area contributed by atoms with Crippen LogP contribution in [-0.4, -0.2) is 30.3 Å². The van der Waals surface area contributed by atoms with Crippen molar-refractivity contribution in [3.05, 3.63) is 0 Å². The van der Waals surface area contributed by atoms with Gasteiger partial charge in [-0.15, -0.1) is 0 Å². The van der Waals surface area contributed by atoms with Gasteiger partial charge in [-0.3, -0.25) is 9.59 Å². The van der Waals surface area contributed by atoms with E-state index in [9.17, 15) is 14.4 Å². The van der Waals surface area contributed by atoms with Crippen LogP contribution in [0.5, 0.6) is 0 Å². The number of amides is 1. The first-order valence-corrected chi connectivity index (χ1v) is 7.11. The van der Waals surface area contributed by atoms with Gasteiger partial charge in [-0.2, -0.15) is 0 Å². The van der Waals surface area contributed by atoms with Crippen molar-refractivity contribution in [2.75, 3.05) is 6.61 Å². The minimum Gasteiger partial charge on any atom is -0.464 e. The molecule has 0 saturated carbocycles. The molecular formula is C14H23NO4. The molecule has 0 bridgehead atoms. The van der Waals surface area contributed by atoms with Gasteiger partial charge >= 0.3 is 5.97 Å². The maximum Gasteiger partial charge on any atom is 0.328 e. The van der Waals surface area contributed by atoms with Gasteiger partial charge in [0, 0.05) is 12.8 Å². The summed E-state index contributed by atoms with van der Waals surface area (Å²) in [4.78, 5) is 34.3. The smallest absolute Gasteiger partial charge is 0.328 e. The van der Waals surface area contributed by atoms with Gasteiger partial charge < -0.3 is 10.1 Å². The van der Waals surface area contributed by atoms with Crippen LogP contribution in [0, 0.1) is 0 Å². The lowest BCUT2D eigenvalue weighted by molar-refractivity contribution is -0.142. The van der Waals surface area contributed by atoms with Crippen LogP contribution >= 0.6 is 0 Å². The summed E-state index contributed by atoms with van der Waals surface area (Å²) in [6.45, 7) is 2.48. The lowest BCUT2D eigenvalue weighted by Crippen LogP contribution is -2.38. The largest absolute Gasteiger partial charge is 0.464 e. The first-order chi connectivity index (χ1) is 9.13. The van der Waals surface area contributed by atoms with E-state index in [2.05, 4.69) is 12.2 Å². The second-order valence-electron chi connectivity index (χ2n) is 4.96. The summed E-state index contributed by atoms with van der Waals surface area (Å²) in [6.07, 6.45) is 6.21. The third-order valence-corrected chi connectivity index (χ3v) is 3.19. The van der Waals surface area contributed by atoms with Gasteiger partial charge in [-0.05, 0) is 6.42 Å². The van der Waals surface area contributed by atoms with Crippen LogP contribution < -0.4 is 5.32 Å². The topological polar surface area (TPSA) is 72.5 Å². The van der Waals surface area contributed by atoms with Crippen LogP contribution in [0.2, 0.25) is 0 Å². The predicted octanol–water partition coefficient (Wildman–Crippen LogP) is 1.74. The van der Waals surface area contributed by atoms with Gasteiger partial charge in [0.05, 0.1) is 13.0 Å². The monoisotopic (exact) mass is 269 g/mol. The van der Waals surface area contributed by atoms with E-state index in [4.69, 9.17) is 4.74 Å². The Labute approximate surface area is 114 Å². The fraction of sp³-hybridized carbons (Fsp3) is 0.786. The molecule has 5 heteroatoms. The number of carbonyl (C=O) groups excluding carboxylic acids is 3. The fourth-order valence-corrected chi connectivity index (χ4v) is 2.07. The van der Waals surface area contributed by atoms with E-state index in [1.54, 1.807) is 0 Å². The summed E-state index contributed by atoms with van der Waals surface area (Å²) < 4.78 is 4.74. The first-order valence-electron chi connectivity index (χ1n) is 7.11. The van der Waals surface area contributed by atoms with Gasteiger partial charge in [0.25, 0.3) is 0 Å². The highest BCUT2D eigenvalue weighted by Crippen LogP contribution is 2.08. The minimum absolute atomic E-state index is 0.0552. The first kappa shape index (κ1) is 15.7. The Morgan fingerprint density at radius 2 is 2.00 bits per heavy atom. The van der Waals surface area contributed by atoms with E-state index >= 15 is 0 Å². The van der Waals surface area contributed by atoms with Gasteiger partial charge in [-0.25, -0.2) is 4.79 Å². The average Bonchev–Trinajstić information content (AvgIpc) is 2.74. The second-order valence-corrected chi connectivity index (χ2v) is 4.96. The number of hydrogen-bond acceptors (Lipinski definition) is 4. The standard InChI is InChI=1S/C14H23NO4/c1-2-3-4-5-6-7-11(16)10-13(17)15-12-8-9-19-14(12)18/h12H,2-10H2,1H3,(H,15,17)/t12-/m1/s1. The molecule has 1 fully saturated rings. The highest BCUT2D eigenvalue weighted by atomic mass is 16.5. The zero-order valence-electron chi connectivity index (χ0n) is 11.6. The molecule has 0 unspecified atom stereocenters. The van der Waals surface area contributed by atoms with E-state index in [1.807, 2.05) is 0 Å². The molecule has 0 aromatic carbocycles. The summed E-state index contributed by atoms with van der Waals surface area (Å²) in [6, 6.07) is -0.565. The zero-order valence-corrected chi connectivity index (χ0v) is 11.6.